The van der Waals surface area contributed by atoms with Gasteiger partial charge >= 0.3 is 12.0 Å². The Labute approximate surface area is 124 Å². The molecule has 2 rings (SSSR count). The van der Waals surface area contributed by atoms with Crippen LogP contribution in [0.2, 0.25) is 0 Å². The van der Waals surface area contributed by atoms with Gasteiger partial charge in [0, 0.05) is 26.6 Å². The number of ether oxygens (including phenoxy) is 2. The third kappa shape index (κ3) is 3.29. The number of methoxy groups -OCH3 is 1. The Hall–Kier alpha value is -1.34. The minimum Gasteiger partial charge on any atom is -0.480 e. The Morgan fingerprint density at radius 2 is 2.05 bits per heavy atom. The number of hydrogen-bond acceptors (Lipinski definition) is 4. The number of carbonyl (C=O) groups is 2. The molecule has 0 bridgehead atoms. The van der Waals surface area contributed by atoms with Crippen molar-refractivity contribution in [3.63, 3.8) is 0 Å². The minimum atomic E-state index is -0.975. The fourth-order valence-corrected chi connectivity index (χ4v) is 3.00. The van der Waals surface area contributed by atoms with Crippen LogP contribution in [0, 0.1) is 0 Å². The topological polar surface area (TPSA) is 79.3 Å². The van der Waals surface area contributed by atoms with E-state index in [0.29, 0.717) is 26.1 Å². The first-order valence-corrected chi connectivity index (χ1v) is 7.42. The monoisotopic (exact) mass is 300 g/mol. The predicted molar refractivity (Wildman–Crippen MR) is 75.1 cm³/mol. The molecule has 4 atom stereocenters. The van der Waals surface area contributed by atoms with Gasteiger partial charge in [-0.1, -0.05) is 6.92 Å². The molecule has 7 heteroatoms. The molecule has 0 spiro atoms. The highest BCUT2D eigenvalue weighted by molar-refractivity contribution is 5.83. The average molecular weight is 300 g/mol. The number of hydrogen-bond donors (Lipinski definition) is 1. The van der Waals surface area contributed by atoms with Crippen molar-refractivity contribution in [3.8, 4) is 0 Å². The Balaban J connectivity index is 2.14. The van der Waals surface area contributed by atoms with Gasteiger partial charge in [-0.2, -0.15) is 0 Å². The molecule has 2 aliphatic rings. The summed E-state index contributed by atoms with van der Waals surface area (Å²) in [6.07, 6.45) is 0.890. The van der Waals surface area contributed by atoms with Gasteiger partial charge in [0.1, 0.15) is 6.04 Å². The number of likely N-dealkylation sites (tertiary alicyclic amines) is 1. The zero-order chi connectivity index (χ0) is 15.6. The molecule has 2 heterocycles. The maximum absolute atomic E-state index is 12.8. The molecule has 0 aromatic heterocycles. The van der Waals surface area contributed by atoms with Crippen molar-refractivity contribution in [1.82, 2.24) is 9.80 Å². The summed E-state index contributed by atoms with van der Waals surface area (Å²) in [5.74, 6) is -0.975. The van der Waals surface area contributed by atoms with Gasteiger partial charge in [-0.25, -0.2) is 9.59 Å². The van der Waals surface area contributed by atoms with Crippen molar-refractivity contribution in [2.75, 3.05) is 26.8 Å². The van der Waals surface area contributed by atoms with Gasteiger partial charge in [-0.15, -0.1) is 0 Å². The number of carboxylic acid groups (broad SMARTS) is 1. The lowest BCUT2D eigenvalue weighted by molar-refractivity contribution is -0.141. The number of nitrogens with zero attached hydrogens (tertiary/aromatic N) is 2. The number of urea groups is 1. The second-order valence-electron chi connectivity index (χ2n) is 5.74. The van der Waals surface area contributed by atoms with Gasteiger partial charge in [0.2, 0.25) is 0 Å². The van der Waals surface area contributed by atoms with Crippen molar-refractivity contribution in [2.45, 2.75) is 51.0 Å². The number of morpholine rings is 1. The molecule has 7 nitrogen and oxygen atoms in total. The van der Waals surface area contributed by atoms with E-state index in [1.54, 1.807) is 12.0 Å². The molecule has 2 fully saturated rings. The molecule has 0 saturated carbocycles. The summed E-state index contributed by atoms with van der Waals surface area (Å²) in [4.78, 5) is 27.3. The molecular weight excluding hydrogens is 276 g/mol. The first-order chi connectivity index (χ1) is 9.97. The molecule has 2 saturated heterocycles. The smallest absolute Gasteiger partial charge is 0.326 e. The van der Waals surface area contributed by atoms with E-state index in [0.717, 1.165) is 6.42 Å². The Morgan fingerprint density at radius 3 is 2.62 bits per heavy atom. The maximum Gasteiger partial charge on any atom is 0.326 e. The van der Waals surface area contributed by atoms with Crippen molar-refractivity contribution in [2.24, 2.45) is 0 Å². The molecule has 2 amide bonds. The molecule has 21 heavy (non-hydrogen) atoms. The van der Waals surface area contributed by atoms with Crippen LogP contribution in [-0.4, -0.2) is 78.0 Å². The van der Waals surface area contributed by atoms with Crippen LogP contribution in [0.5, 0.6) is 0 Å². The summed E-state index contributed by atoms with van der Waals surface area (Å²) in [7, 11) is 1.54. The van der Waals surface area contributed by atoms with Gasteiger partial charge in [-0.3, -0.25) is 0 Å². The normalized spacial score (nSPS) is 33.3. The summed E-state index contributed by atoms with van der Waals surface area (Å²) in [5.41, 5.74) is 0. The van der Waals surface area contributed by atoms with Crippen LogP contribution in [0.3, 0.4) is 0 Å². The first-order valence-electron chi connectivity index (χ1n) is 7.42. The van der Waals surface area contributed by atoms with Gasteiger partial charge in [0.25, 0.3) is 0 Å². The van der Waals surface area contributed by atoms with Crippen LogP contribution >= 0.6 is 0 Å². The quantitative estimate of drug-likeness (QED) is 0.833. The Morgan fingerprint density at radius 1 is 1.33 bits per heavy atom. The van der Waals surface area contributed by atoms with Crippen LogP contribution in [0.1, 0.15) is 26.7 Å². The summed E-state index contributed by atoms with van der Waals surface area (Å²) in [6, 6.07) is -1.02. The van der Waals surface area contributed by atoms with E-state index >= 15 is 0 Å². The second kappa shape index (κ2) is 6.62. The number of carbonyl (C=O) groups excluding carboxylic acids is 1. The third-order valence-corrected chi connectivity index (χ3v) is 4.31. The number of rotatable bonds is 3. The summed E-state index contributed by atoms with van der Waals surface area (Å²) >= 11 is 0. The third-order valence-electron chi connectivity index (χ3n) is 4.31. The van der Waals surface area contributed by atoms with E-state index in [1.807, 2.05) is 13.8 Å². The van der Waals surface area contributed by atoms with Gasteiger partial charge < -0.3 is 24.4 Å². The minimum absolute atomic E-state index is 0.00439. The molecule has 1 N–H and O–H groups in total. The number of amides is 2. The molecule has 4 unspecified atom stereocenters. The summed E-state index contributed by atoms with van der Waals surface area (Å²) in [6.45, 7) is 5.25. The van der Waals surface area contributed by atoms with E-state index in [-0.39, 0.29) is 24.3 Å². The lowest BCUT2D eigenvalue weighted by Gasteiger charge is -2.40. The van der Waals surface area contributed by atoms with Crippen LogP contribution in [0.4, 0.5) is 4.79 Å². The highest BCUT2D eigenvalue weighted by Crippen LogP contribution is 2.24. The lowest BCUT2D eigenvalue weighted by atomic mass is 10.1. The van der Waals surface area contributed by atoms with E-state index < -0.39 is 12.0 Å². The van der Waals surface area contributed by atoms with E-state index in [9.17, 15) is 14.7 Å². The van der Waals surface area contributed by atoms with Gasteiger partial charge in [0.15, 0.2) is 0 Å². The number of carboxylic acids is 1. The molecule has 0 radical (unpaired) electrons. The first kappa shape index (κ1) is 16.0. The SMILES string of the molecule is CCC1COC(C)CN1C(=O)N1CC(OC)CC1C(=O)O. The Bertz CT molecular complexity index is 403. The van der Waals surface area contributed by atoms with Gasteiger partial charge in [-0.05, 0) is 13.3 Å². The molecule has 0 aromatic rings. The van der Waals surface area contributed by atoms with Crippen LogP contribution in [0.15, 0.2) is 0 Å². The predicted octanol–water partition coefficient (Wildman–Crippen LogP) is 0.780. The lowest BCUT2D eigenvalue weighted by Crippen LogP contribution is -2.57. The zero-order valence-electron chi connectivity index (χ0n) is 12.8. The van der Waals surface area contributed by atoms with E-state index in [2.05, 4.69) is 0 Å². The van der Waals surface area contributed by atoms with E-state index in [1.165, 1.54) is 4.90 Å². The Kier molecular flexibility index (Phi) is 5.05. The average Bonchev–Trinajstić information content (AvgIpc) is 2.91. The van der Waals surface area contributed by atoms with Crippen LogP contribution in [-0.2, 0) is 14.3 Å². The van der Waals surface area contributed by atoms with Crippen molar-refractivity contribution in [1.29, 1.82) is 0 Å². The highest BCUT2D eigenvalue weighted by Gasteiger charge is 2.43. The van der Waals surface area contributed by atoms with Gasteiger partial charge in [0.05, 0.1) is 24.9 Å². The fourth-order valence-electron chi connectivity index (χ4n) is 3.00. The molecule has 2 aliphatic heterocycles. The van der Waals surface area contributed by atoms with Crippen LogP contribution < -0.4 is 0 Å². The fraction of sp³-hybridized carbons (Fsp3) is 0.857. The maximum atomic E-state index is 12.8. The van der Waals surface area contributed by atoms with Crippen molar-refractivity contribution in [3.05, 3.63) is 0 Å². The largest absolute Gasteiger partial charge is 0.480 e. The van der Waals surface area contributed by atoms with Crippen molar-refractivity contribution < 1.29 is 24.2 Å². The summed E-state index contributed by atoms with van der Waals surface area (Å²) in [5, 5.41) is 9.33. The molecule has 120 valence electrons. The van der Waals surface area contributed by atoms with Crippen LogP contribution in [0.25, 0.3) is 0 Å². The molecule has 0 aliphatic carbocycles. The molecule has 0 aromatic carbocycles. The number of aliphatic carboxylic acids is 1. The van der Waals surface area contributed by atoms with E-state index in [4.69, 9.17) is 9.47 Å². The molecular formula is C14H24N2O5. The standard InChI is InChI=1S/C14H24N2O5/c1-4-10-8-21-9(2)6-15(10)14(19)16-7-11(20-3)5-12(16)13(17)18/h9-12H,4-8H2,1-3H3,(H,17,18). The summed E-state index contributed by atoms with van der Waals surface area (Å²) < 4.78 is 10.8. The second-order valence-corrected chi connectivity index (χ2v) is 5.74. The van der Waals surface area contributed by atoms with Crippen molar-refractivity contribution >= 4 is 12.0 Å². The highest BCUT2D eigenvalue weighted by atomic mass is 16.5. The zero-order valence-corrected chi connectivity index (χ0v) is 12.8.